The fraction of sp³-hybridized carbons (Fsp3) is 1.00. The van der Waals surface area contributed by atoms with E-state index >= 15 is 0 Å². The molecule has 0 aromatic carbocycles. The molecule has 0 saturated carbocycles. The van der Waals surface area contributed by atoms with Gasteiger partial charge < -0.3 is 29.8 Å². The molecule has 20 heavy (non-hydrogen) atoms. The van der Waals surface area contributed by atoms with Gasteiger partial charge in [-0.1, -0.05) is 6.92 Å². The van der Waals surface area contributed by atoms with Gasteiger partial charge in [0.1, 0.15) is 0 Å². The van der Waals surface area contributed by atoms with E-state index in [2.05, 4.69) is 0 Å². The van der Waals surface area contributed by atoms with Crippen LogP contribution in [-0.4, -0.2) is 70.6 Å². The molecule has 0 aliphatic carbocycles. The highest BCUT2D eigenvalue weighted by Crippen LogP contribution is 2.12. The molecular formula is C14H31NO5. The molecule has 122 valence electrons. The van der Waals surface area contributed by atoms with Crippen LogP contribution in [0, 0.1) is 0 Å². The van der Waals surface area contributed by atoms with E-state index in [0.717, 1.165) is 19.3 Å². The maximum Gasteiger partial charge on any atom is 0.0701 e. The third kappa shape index (κ3) is 11.6. The average molecular weight is 293 g/mol. The van der Waals surface area contributed by atoms with Gasteiger partial charge in [-0.2, -0.15) is 0 Å². The van der Waals surface area contributed by atoms with Crippen LogP contribution in [0.1, 0.15) is 26.2 Å². The fourth-order valence-corrected chi connectivity index (χ4v) is 1.58. The first-order chi connectivity index (χ1) is 9.68. The number of methoxy groups -OCH3 is 1. The molecule has 0 aromatic rings. The number of hydrogen-bond donors (Lipinski definition) is 2. The van der Waals surface area contributed by atoms with E-state index < -0.39 is 5.54 Å². The standard InChI is InChI=1S/C14H31NO5/c1-3-14(15,13-16)5-4-6-18-9-10-20-12-11-19-8-7-17-2/h16H,3-13,15H2,1-2H3. The van der Waals surface area contributed by atoms with Crippen LogP contribution in [0.15, 0.2) is 0 Å². The molecule has 0 spiro atoms. The molecule has 0 aliphatic rings. The van der Waals surface area contributed by atoms with Gasteiger partial charge in [-0.3, -0.25) is 0 Å². The van der Waals surface area contributed by atoms with Crippen LogP contribution in [0.3, 0.4) is 0 Å². The molecule has 0 amide bonds. The van der Waals surface area contributed by atoms with Crippen LogP contribution in [0.25, 0.3) is 0 Å². The van der Waals surface area contributed by atoms with Crippen molar-refractivity contribution >= 4 is 0 Å². The van der Waals surface area contributed by atoms with Crippen molar-refractivity contribution in [1.29, 1.82) is 0 Å². The molecule has 0 heterocycles. The zero-order valence-corrected chi connectivity index (χ0v) is 12.9. The van der Waals surface area contributed by atoms with Gasteiger partial charge in [0, 0.05) is 19.3 Å². The van der Waals surface area contributed by atoms with Crippen LogP contribution in [0.5, 0.6) is 0 Å². The average Bonchev–Trinajstić information content (AvgIpc) is 2.48. The van der Waals surface area contributed by atoms with E-state index in [-0.39, 0.29) is 6.61 Å². The first kappa shape index (κ1) is 19.8. The molecule has 6 nitrogen and oxygen atoms in total. The fourth-order valence-electron chi connectivity index (χ4n) is 1.58. The first-order valence-electron chi connectivity index (χ1n) is 7.30. The summed E-state index contributed by atoms with van der Waals surface area (Å²) in [6.07, 6.45) is 2.40. The second kappa shape index (κ2) is 13.7. The van der Waals surface area contributed by atoms with Crippen molar-refractivity contribution < 1.29 is 24.1 Å². The normalized spacial score (nSPS) is 14.4. The maximum atomic E-state index is 9.16. The topological polar surface area (TPSA) is 83.2 Å². The molecule has 0 bridgehead atoms. The summed E-state index contributed by atoms with van der Waals surface area (Å²) in [5.74, 6) is 0. The Balaban J connectivity index is 3.17. The van der Waals surface area contributed by atoms with Crippen LogP contribution >= 0.6 is 0 Å². The highest BCUT2D eigenvalue weighted by Gasteiger charge is 2.20. The van der Waals surface area contributed by atoms with Gasteiger partial charge in [-0.15, -0.1) is 0 Å². The minimum Gasteiger partial charge on any atom is -0.394 e. The third-order valence-corrected chi connectivity index (χ3v) is 3.16. The molecule has 0 aromatic heterocycles. The van der Waals surface area contributed by atoms with Gasteiger partial charge in [0.25, 0.3) is 0 Å². The smallest absolute Gasteiger partial charge is 0.0701 e. The SMILES string of the molecule is CCC(N)(CO)CCCOCCOCCOCCOC. The molecule has 1 atom stereocenters. The summed E-state index contributed by atoms with van der Waals surface area (Å²) in [7, 11) is 1.65. The summed E-state index contributed by atoms with van der Waals surface area (Å²) in [5.41, 5.74) is 5.52. The van der Waals surface area contributed by atoms with Crippen molar-refractivity contribution in [1.82, 2.24) is 0 Å². The van der Waals surface area contributed by atoms with Crippen molar-refractivity contribution in [3.63, 3.8) is 0 Å². The van der Waals surface area contributed by atoms with Crippen LogP contribution in [-0.2, 0) is 18.9 Å². The lowest BCUT2D eigenvalue weighted by Crippen LogP contribution is -2.43. The van der Waals surface area contributed by atoms with Gasteiger partial charge in [-0.25, -0.2) is 0 Å². The van der Waals surface area contributed by atoms with Crippen molar-refractivity contribution in [2.24, 2.45) is 5.73 Å². The van der Waals surface area contributed by atoms with Gasteiger partial charge in [-0.05, 0) is 19.3 Å². The summed E-state index contributed by atoms with van der Waals surface area (Å²) >= 11 is 0. The van der Waals surface area contributed by atoms with Gasteiger partial charge in [0.2, 0.25) is 0 Å². The summed E-state index contributed by atoms with van der Waals surface area (Å²) < 4.78 is 20.9. The van der Waals surface area contributed by atoms with E-state index in [4.69, 9.17) is 29.8 Å². The van der Waals surface area contributed by atoms with E-state index in [0.29, 0.717) is 46.2 Å². The second-order valence-corrected chi connectivity index (χ2v) is 4.81. The van der Waals surface area contributed by atoms with E-state index in [1.165, 1.54) is 0 Å². The Kier molecular flexibility index (Phi) is 13.6. The summed E-state index contributed by atoms with van der Waals surface area (Å²) in [5, 5.41) is 9.16. The van der Waals surface area contributed by atoms with Gasteiger partial charge >= 0.3 is 0 Å². The Labute approximate surface area is 122 Å². The zero-order chi connectivity index (χ0) is 15.1. The molecule has 0 radical (unpaired) electrons. The predicted octanol–water partition coefficient (Wildman–Crippen LogP) is 0.563. The third-order valence-electron chi connectivity index (χ3n) is 3.16. The minimum absolute atomic E-state index is 0.0235. The van der Waals surface area contributed by atoms with Gasteiger partial charge in [0.15, 0.2) is 0 Å². The molecule has 3 N–H and O–H groups in total. The Hall–Kier alpha value is -0.240. The molecule has 0 rings (SSSR count). The second-order valence-electron chi connectivity index (χ2n) is 4.81. The molecule has 1 unspecified atom stereocenters. The quantitative estimate of drug-likeness (QED) is 0.429. The lowest BCUT2D eigenvalue weighted by Gasteiger charge is -2.25. The number of nitrogens with two attached hydrogens (primary N) is 1. The van der Waals surface area contributed by atoms with Crippen LogP contribution in [0.2, 0.25) is 0 Å². The molecular weight excluding hydrogens is 262 g/mol. The van der Waals surface area contributed by atoms with E-state index in [9.17, 15) is 0 Å². The lowest BCUT2D eigenvalue weighted by molar-refractivity contribution is 0.00253. The summed E-state index contributed by atoms with van der Waals surface area (Å²) in [6, 6.07) is 0. The Bertz CT molecular complexity index is 200. The Morgan fingerprint density at radius 2 is 1.40 bits per heavy atom. The number of aliphatic hydroxyl groups excluding tert-OH is 1. The first-order valence-corrected chi connectivity index (χ1v) is 7.30. The maximum absolute atomic E-state index is 9.16. The number of rotatable bonds is 15. The number of hydrogen-bond acceptors (Lipinski definition) is 6. The predicted molar refractivity (Wildman–Crippen MR) is 77.9 cm³/mol. The monoisotopic (exact) mass is 293 g/mol. The van der Waals surface area contributed by atoms with Gasteiger partial charge in [0.05, 0.1) is 46.2 Å². The summed E-state index contributed by atoms with van der Waals surface area (Å²) in [4.78, 5) is 0. The largest absolute Gasteiger partial charge is 0.394 e. The number of ether oxygens (including phenoxy) is 4. The zero-order valence-electron chi connectivity index (χ0n) is 12.9. The Morgan fingerprint density at radius 1 is 0.900 bits per heavy atom. The lowest BCUT2D eigenvalue weighted by atomic mass is 9.93. The summed E-state index contributed by atoms with van der Waals surface area (Å²) in [6.45, 7) is 6.14. The Morgan fingerprint density at radius 3 is 1.85 bits per heavy atom. The van der Waals surface area contributed by atoms with Crippen molar-refractivity contribution in [3.8, 4) is 0 Å². The van der Waals surface area contributed by atoms with Crippen molar-refractivity contribution in [2.45, 2.75) is 31.7 Å². The van der Waals surface area contributed by atoms with Crippen molar-refractivity contribution in [2.75, 3.05) is 60.0 Å². The molecule has 0 saturated heterocycles. The van der Waals surface area contributed by atoms with Crippen LogP contribution < -0.4 is 5.73 Å². The highest BCUT2D eigenvalue weighted by molar-refractivity contribution is 4.81. The van der Waals surface area contributed by atoms with E-state index in [1.54, 1.807) is 7.11 Å². The van der Waals surface area contributed by atoms with Crippen LogP contribution in [0.4, 0.5) is 0 Å². The molecule has 6 heteroatoms. The number of aliphatic hydroxyl groups is 1. The highest BCUT2D eigenvalue weighted by atomic mass is 16.6. The minimum atomic E-state index is -0.459. The van der Waals surface area contributed by atoms with Crippen molar-refractivity contribution in [3.05, 3.63) is 0 Å². The van der Waals surface area contributed by atoms with E-state index in [1.807, 2.05) is 6.92 Å². The molecule has 0 fully saturated rings. The molecule has 0 aliphatic heterocycles.